The van der Waals surface area contributed by atoms with Gasteiger partial charge in [-0.1, -0.05) is 36.2 Å². The van der Waals surface area contributed by atoms with Gasteiger partial charge < -0.3 is 5.11 Å². The van der Waals surface area contributed by atoms with Crippen LogP contribution in [0.15, 0.2) is 24.3 Å². The molecule has 1 heterocycles. The third-order valence-corrected chi connectivity index (χ3v) is 5.47. The van der Waals surface area contributed by atoms with Crippen molar-refractivity contribution in [2.75, 3.05) is 13.2 Å². The maximum Gasteiger partial charge on any atom is 0.280 e. The smallest absolute Gasteiger partial charge is 0.280 e. The molecule has 7 heteroatoms. The number of nitrogens with zero attached hydrogens (tertiary/aromatic N) is 1. The first-order valence-electron chi connectivity index (χ1n) is 6.65. The maximum absolute atomic E-state index is 12.3. The van der Waals surface area contributed by atoms with Crippen LogP contribution in [0, 0.1) is 0 Å². The minimum Gasteiger partial charge on any atom is -0.395 e. The Bertz CT molecular complexity index is 550. The average molecular weight is 319 g/mol. The van der Waals surface area contributed by atoms with Crippen molar-refractivity contribution >= 4 is 21.8 Å². The molecule has 1 aliphatic rings. The van der Waals surface area contributed by atoms with Crippen LogP contribution in [0.2, 0.25) is 5.02 Å². The Labute approximate surface area is 124 Å². The maximum atomic E-state index is 12.3. The Morgan fingerprint density at radius 3 is 2.80 bits per heavy atom. The Morgan fingerprint density at radius 2 is 2.10 bits per heavy atom. The Hall–Kier alpha value is -0.660. The van der Waals surface area contributed by atoms with Crippen LogP contribution in [0.4, 0.5) is 0 Å². The number of rotatable bonds is 5. The first kappa shape index (κ1) is 15.7. The van der Waals surface area contributed by atoms with E-state index >= 15 is 0 Å². The van der Waals surface area contributed by atoms with Gasteiger partial charge in [-0.2, -0.15) is 17.4 Å². The van der Waals surface area contributed by atoms with E-state index in [4.69, 9.17) is 11.6 Å². The van der Waals surface area contributed by atoms with Gasteiger partial charge >= 0.3 is 0 Å². The number of halogens is 1. The largest absolute Gasteiger partial charge is 0.395 e. The fourth-order valence-corrected chi connectivity index (χ4v) is 4.01. The second kappa shape index (κ2) is 6.87. The summed E-state index contributed by atoms with van der Waals surface area (Å²) in [7, 11) is -3.59. The molecule has 20 heavy (non-hydrogen) atoms. The summed E-state index contributed by atoms with van der Waals surface area (Å²) in [6.07, 6.45) is 2.47. The van der Waals surface area contributed by atoms with E-state index in [1.165, 1.54) is 4.31 Å². The number of aliphatic hydroxyl groups is 1. The topological polar surface area (TPSA) is 69.6 Å². The highest BCUT2D eigenvalue weighted by molar-refractivity contribution is 7.87. The number of benzene rings is 1. The van der Waals surface area contributed by atoms with Gasteiger partial charge in [0.05, 0.1) is 6.61 Å². The molecule has 2 N–H and O–H groups in total. The molecule has 0 aliphatic carbocycles. The summed E-state index contributed by atoms with van der Waals surface area (Å²) in [6.45, 7) is 0.451. The van der Waals surface area contributed by atoms with Crippen LogP contribution in [0.3, 0.4) is 0 Å². The molecule has 5 nitrogen and oxygen atoms in total. The highest BCUT2D eigenvalue weighted by Crippen LogP contribution is 2.20. The Kier molecular flexibility index (Phi) is 5.40. The summed E-state index contributed by atoms with van der Waals surface area (Å²) >= 11 is 6.01. The monoisotopic (exact) mass is 318 g/mol. The third kappa shape index (κ3) is 3.71. The van der Waals surface area contributed by atoms with E-state index < -0.39 is 10.2 Å². The molecule has 1 aliphatic heterocycles. The first-order valence-corrected chi connectivity index (χ1v) is 8.47. The number of hydrogen-bond acceptors (Lipinski definition) is 3. The van der Waals surface area contributed by atoms with E-state index in [-0.39, 0.29) is 19.2 Å². The molecule has 1 atom stereocenters. The SMILES string of the molecule is O=S(=O)(NCc1ccccc1Cl)N1CCCCC1CO. The Balaban J connectivity index is 2.05. The van der Waals surface area contributed by atoms with Crippen molar-refractivity contribution in [1.29, 1.82) is 0 Å². The van der Waals surface area contributed by atoms with Gasteiger partial charge in [-0.15, -0.1) is 0 Å². The van der Waals surface area contributed by atoms with Gasteiger partial charge in [-0.3, -0.25) is 0 Å². The zero-order valence-electron chi connectivity index (χ0n) is 11.1. The summed E-state index contributed by atoms with van der Waals surface area (Å²) < 4.78 is 28.5. The lowest BCUT2D eigenvalue weighted by atomic mass is 10.1. The number of hydrogen-bond donors (Lipinski definition) is 2. The van der Waals surface area contributed by atoms with Crippen LogP contribution in [0.25, 0.3) is 0 Å². The van der Waals surface area contributed by atoms with Crippen LogP contribution in [0.1, 0.15) is 24.8 Å². The van der Waals surface area contributed by atoms with E-state index in [0.717, 1.165) is 18.4 Å². The molecule has 2 rings (SSSR count). The summed E-state index contributed by atoms with van der Waals surface area (Å²) in [5.74, 6) is 0. The van der Waals surface area contributed by atoms with Crippen molar-refractivity contribution in [1.82, 2.24) is 9.03 Å². The normalized spacial score (nSPS) is 21.0. The molecule has 0 radical (unpaired) electrons. The van der Waals surface area contributed by atoms with Crippen molar-refractivity contribution in [3.05, 3.63) is 34.9 Å². The van der Waals surface area contributed by atoms with Crippen molar-refractivity contribution in [2.45, 2.75) is 31.8 Å². The van der Waals surface area contributed by atoms with Gasteiger partial charge in [-0.05, 0) is 24.5 Å². The van der Waals surface area contributed by atoms with Gasteiger partial charge in [0, 0.05) is 24.2 Å². The van der Waals surface area contributed by atoms with Crippen molar-refractivity contribution in [3.8, 4) is 0 Å². The predicted molar refractivity (Wildman–Crippen MR) is 78.6 cm³/mol. The predicted octanol–water partition coefficient (Wildman–Crippen LogP) is 1.52. The van der Waals surface area contributed by atoms with E-state index in [2.05, 4.69) is 4.72 Å². The van der Waals surface area contributed by atoms with Gasteiger partial charge in [0.25, 0.3) is 10.2 Å². The van der Waals surface area contributed by atoms with Crippen LogP contribution in [-0.2, 0) is 16.8 Å². The van der Waals surface area contributed by atoms with Gasteiger partial charge in [0.15, 0.2) is 0 Å². The van der Waals surface area contributed by atoms with Crippen LogP contribution >= 0.6 is 11.6 Å². The van der Waals surface area contributed by atoms with Gasteiger partial charge in [0.2, 0.25) is 0 Å². The van der Waals surface area contributed by atoms with E-state index in [1.807, 2.05) is 6.07 Å². The van der Waals surface area contributed by atoms with Crippen molar-refractivity contribution in [3.63, 3.8) is 0 Å². The summed E-state index contributed by atoms with van der Waals surface area (Å²) in [5, 5.41) is 9.83. The third-order valence-electron chi connectivity index (χ3n) is 3.50. The summed E-state index contributed by atoms with van der Waals surface area (Å²) in [4.78, 5) is 0. The first-order chi connectivity index (χ1) is 9.54. The van der Waals surface area contributed by atoms with Crippen molar-refractivity contribution < 1.29 is 13.5 Å². The van der Waals surface area contributed by atoms with Crippen LogP contribution in [0.5, 0.6) is 0 Å². The Morgan fingerprint density at radius 1 is 1.35 bits per heavy atom. The minimum absolute atomic E-state index is 0.146. The number of nitrogens with one attached hydrogen (secondary N) is 1. The second-order valence-electron chi connectivity index (χ2n) is 4.86. The standard InChI is InChI=1S/C13H19ClN2O3S/c14-13-7-2-1-5-11(13)9-15-20(18,19)16-8-4-3-6-12(16)10-17/h1-2,5,7,12,15,17H,3-4,6,8-10H2. The molecule has 0 aromatic heterocycles. The molecule has 1 unspecified atom stereocenters. The van der Waals surface area contributed by atoms with Crippen molar-refractivity contribution in [2.24, 2.45) is 0 Å². The summed E-state index contributed by atoms with van der Waals surface area (Å²) in [6, 6.07) is 6.79. The second-order valence-corrected chi connectivity index (χ2v) is 6.98. The van der Waals surface area contributed by atoms with E-state index in [9.17, 15) is 13.5 Å². The molecule has 0 amide bonds. The lowest BCUT2D eigenvalue weighted by molar-refractivity contribution is 0.154. The van der Waals surface area contributed by atoms with Gasteiger partial charge in [0.1, 0.15) is 0 Å². The zero-order valence-corrected chi connectivity index (χ0v) is 12.7. The molecule has 0 spiro atoms. The molecule has 1 aromatic rings. The fourth-order valence-electron chi connectivity index (χ4n) is 2.37. The van der Waals surface area contributed by atoms with Crippen LogP contribution in [-0.4, -0.2) is 37.0 Å². The molecule has 1 fully saturated rings. The molecular weight excluding hydrogens is 300 g/mol. The lowest BCUT2D eigenvalue weighted by Gasteiger charge is -2.33. The zero-order chi connectivity index (χ0) is 14.6. The molecule has 1 aromatic carbocycles. The minimum atomic E-state index is -3.59. The highest BCUT2D eigenvalue weighted by atomic mass is 35.5. The fraction of sp³-hybridized carbons (Fsp3) is 0.538. The lowest BCUT2D eigenvalue weighted by Crippen LogP contribution is -2.50. The van der Waals surface area contributed by atoms with Gasteiger partial charge in [-0.25, -0.2) is 0 Å². The molecule has 0 saturated carbocycles. The highest BCUT2D eigenvalue weighted by Gasteiger charge is 2.31. The van der Waals surface area contributed by atoms with Crippen LogP contribution < -0.4 is 4.72 Å². The van der Waals surface area contributed by atoms with E-state index in [0.29, 0.717) is 18.0 Å². The summed E-state index contributed by atoms with van der Waals surface area (Å²) in [5.41, 5.74) is 0.732. The average Bonchev–Trinajstić information content (AvgIpc) is 2.46. The number of aliphatic hydroxyl groups excluding tert-OH is 1. The molecular formula is C13H19ClN2O3S. The molecule has 0 bridgehead atoms. The number of piperidine rings is 1. The van der Waals surface area contributed by atoms with E-state index in [1.54, 1.807) is 18.2 Å². The quantitative estimate of drug-likeness (QED) is 0.865. The molecule has 112 valence electrons. The molecule has 1 saturated heterocycles.